The highest BCUT2D eigenvalue weighted by molar-refractivity contribution is 7.99. The van der Waals surface area contributed by atoms with E-state index >= 15 is 0 Å². The molecule has 1 unspecified atom stereocenters. The highest BCUT2D eigenvalue weighted by Gasteiger charge is 2.23. The van der Waals surface area contributed by atoms with Gasteiger partial charge in [-0.2, -0.15) is 0 Å². The van der Waals surface area contributed by atoms with Gasteiger partial charge in [0.25, 0.3) is 0 Å². The maximum absolute atomic E-state index is 10.9. The SMILES string of the molecule is CCCNCCn1nnnc1SCC1CNC(=O)O1. The number of amides is 1. The molecule has 1 atom stereocenters. The summed E-state index contributed by atoms with van der Waals surface area (Å²) in [7, 11) is 0. The fourth-order valence-corrected chi connectivity index (χ4v) is 2.51. The molecule has 8 nitrogen and oxygen atoms in total. The van der Waals surface area contributed by atoms with Crippen molar-refractivity contribution < 1.29 is 9.53 Å². The molecule has 1 aliphatic heterocycles. The van der Waals surface area contributed by atoms with Crippen LogP contribution in [-0.2, 0) is 11.3 Å². The van der Waals surface area contributed by atoms with Crippen LogP contribution in [0.3, 0.4) is 0 Å². The molecule has 2 heterocycles. The molecule has 1 aromatic rings. The highest BCUT2D eigenvalue weighted by atomic mass is 32.2. The molecule has 0 bridgehead atoms. The number of aromatic nitrogens is 4. The first-order valence-corrected chi connectivity index (χ1v) is 7.32. The van der Waals surface area contributed by atoms with Crippen molar-refractivity contribution in [3.8, 4) is 0 Å². The van der Waals surface area contributed by atoms with Crippen molar-refractivity contribution >= 4 is 17.9 Å². The molecule has 9 heteroatoms. The molecular weight excluding hydrogens is 268 g/mol. The summed E-state index contributed by atoms with van der Waals surface area (Å²) in [4.78, 5) is 10.9. The Hall–Kier alpha value is -1.35. The lowest BCUT2D eigenvalue weighted by Crippen LogP contribution is -2.22. The molecule has 0 spiro atoms. The third kappa shape index (κ3) is 4.35. The Balaban J connectivity index is 1.74. The minimum absolute atomic E-state index is 0.110. The van der Waals surface area contributed by atoms with Gasteiger partial charge in [0.15, 0.2) is 0 Å². The van der Waals surface area contributed by atoms with E-state index in [0.717, 1.165) is 31.2 Å². The predicted octanol–water partition coefficient (Wildman–Crippen LogP) is -0.127. The van der Waals surface area contributed by atoms with E-state index < -0.39 is 0 Å². The Kier molecular flexibility index (Phi) is 5.40. The normalized spacial score (nSPS) is 18.4. The molecule has 0 aromatic carbocycles. The van der Waals surface area contributed by atoms with Gasteiger partial charge in [-0.25, -0.2) is 9.48 Å². The number of nitrogens with one attached hydrogen (secondary N) is 2. The number of nitrogens with zero attached hydrogens (tertiary/aromatic N) is 4. The van der Waals surface area contributed by atoms with Crippen LogP contribution in [0.1, 0.15) is 13.3 Å². The lowest BCUT2D eigenvalue weighted by Gasteiger charge is -2.07. The highest BCUT2D eigenvalue weighted by Crippen LogP contribution is 2.17. The molecule has 0 saturated carbocycles. The molecule has 0 aliphatic carbocycles. The van der Waals surface area contributed by atoms with Crippen LogP contribution in [0.5, 0.6) is 0 Å². The topological polar surface area (TPSA) is 94.0 Å². The third-order valence-corrected chi connectivity index (χ3v) is 3.66. The zero-order valence-corrected chi connectivity index (χ0v) is 11.7. The number of alkyl carbamates (subject to hydrolysis) is 1. The van der Waals surface area contributed by atoms with Gasteiger partial charge in [-0.15, -0.1) is 5.10 Å². The van der Waals surface area contributed by atoms with E-state index in [2.05, 4.69) is 33.1 Å². The molecule has 1 aromatic heterocycles. The van der Waals surface area contributed by atoms with Crippen LogP contribution >= 0.6 is 11.8 Å². The minimum Gasteiger partial charge on any atom is -0.443 e. The van der Waals surface area contributed by atoms with Crippen LogP contribution in [0, 0.1) is 0 Å². The maximum Gasteiger partial charge on any atom is 0.407 e. The lowest BCUT2D eigenvalue weighted by molar-refractivity contribution is 0.150. The number of carbonyl (C=O) groups is 1. The lowest BCUT2D eigenvalue weighted by atomic mass is 10.4. The van der Waals surface area contributed by atoms with Gasteiger partial charge in [-0.3, -0.25) is 0 Å². The average molecular weight is 286 g/mol. The van der Waals surface area contributed by atoms with Gasteiger partial charge in [-0.05, 0) is 23.4 Å². The van der Waals surface area contributed by atoms with Crippen LogP contribution in [0.4, 0.5) is 4.79 Å². The summed E-state index contributed by atoms with van der Waals surface area (Å²) < 4.78 is 6.81. The van der Waals surface area contributed by atoms with E-state index in [1.54, 1.807) is 4.68 Å². The summed E-state index contributed by atoms with van der Waals surface area (Å²) in [6.45, 7) is 5.24. The minimum atomic E-state index is -0.353. The number of hydrogen-bond donors (Lipinski definition) is 2. The number of hydrogen-bond acceptors (Lipinski definition) is 7. The molecule has 106 valence electrons. The van der Waals surface area contributed by atoms with Crippen molar-refractivity contribution in [2.24, 2.45) is 0 Å². The van der Waals surface area contributed by atoms with Gasteiger partial charge < -0.3 is 15.4 Å². The molecule has 0 radical (unpaired) electrons. The number of carbonyl (C=O) groups excluding carboxylic acids is 1. The molecule has 1 saturated heterocycles. The molecule has 1 aliphatic rings. The van der Waals surface area contributed by atoms with Crippen molar-refractivity contribution in [1.29, 1.82) is 0 Å². The van der Waals surface area contributed by atoms with Crippen molar-refractivity contribution in [1.82, 2.24) is 30.8 Å². The molecule has 2 N–H and O–H groups in total. The largest absolute Gasteiger partial charge is 0.443 e. The average Bonchev–Trinajstić information content (AvgIpc) is 3.01. The number of ether oxygens (including phenoxy) is 1. The second-order valence-electron chi connectivity index (χ2n) is 4.15. The van der Waals surface area contributed by atoms with Crippen molar-refractivity contribution in [2.75, 3.05) is 25.4 Å². The van der Waals surface area contributed by atoms with E-state index in [9.17, 15) is 4.79 Å². The van der Waals surface area contributed by atoms with Gasteiger partial charge in [-0.1, -0.05) is 18.7 Å². The number of rotatable bonds is 8. The van der Waals surface area contributed by atoms with Gasteiger partial charge in [0.1, 0.15) is 6.10 Å². The Morgan fingerprint density at radius 1 is 1.58 bits per heavy atom. The Morgan fingerprint density at radius 3 is 3.21 bits per heavy atom. The van der Waals surface area contributed by atoms with Gasteiger partial charge in [0.2, 0.25) is 5.16 Å². The zero-order valence-electron chi connectivity index (χ0n) is 10.8. The second-order valence-corrected chi connectivity index (χ2v) is 5.14. The molecule has 1 fully saturated rings. The van der Waals surface area contributed by atoms with E-state index in [1.165, 1.54) is 11.8 Å². The molecule has 1 amide bonds. The van der Waals surface area contributed by atoms with Gasteiger partial charge >= 0.3 is 6.09 Å². The van der Waals surface area contributed by atoms with Crippen LogP contribution in [-0.4, -0.2) is 57.8 Å². The quantitative estimate of drug-likeness (QED) is 0.508. The fraction of sp³-hybridized carbons (Fsp3) is 0.800. The first-order valence-electron chi connectivity index (χ1n) is 6.33. The summed E-state index contributed by atoms with van der Waals surface area (Å²) in [5, 5.41) is 18.3. The van der Waals surface area contributed by atoms with Crippen molar-refractivity contribution in [2.45, 2.75) is 31.1 Å². The second kappa shape index (κ2) is 7.29. The smallest absolute Gasteiger partial charge is 0.407 e. The van der Waals surface area contributed by atoms with Crippen LogP contribution in [0.25, 0.3) is 0 Å². The maximum atomic E-state index is 10.9. The van der Waals surface area contributed by atoms with Crippen LogP contribution in [0.2, 0.25) is 0 Å². The summed E-state index contributed by atoms with van der Waals surface area (Å²) in [6, 6.07) is 0. The van der Waals surface area contributed by atoms with E-state index in [-0.39, 0.29) is 12.2 Å². The molecule has 2 rings (SSSR count). The first kappa shape index (κ1) is 14.1. The standard InChI is InChI=1S/C10H18N6O2S/c1-2-3-11-4-5-16-9(13-14-15-16)19-7-8-6-12-10(17)18-8/h8,11H,2-7H2,1H3,(H,12,17). The molecular formula is C10H18N6O2S. The Morgan fingerprint density at radius 2 is 2.47 bits per heavy atom. The Bertz CT molecular complexity index is 412. The summed E-state index contributed by atoms with van der Waals surface area (Å²) in [6.07, 6.45) is 0.645. The monoisotopic (exact) mass is 286 g/mol. The van der Waals surface area contributed by atoms with Crippen LogP contribution < -0.4 is 10.6 Å². The summed E-state index contributed by atoms with van der Waals surface area (Å²) >= 11 is 1.50. The van der Waals surface area contributed by atoms with Crippen molar-refractivity contribution in [3.63, 3.8) is 0 Å². The summed E-state index contributed by atoms with van der Waals surface area (Å²) in [5.74, 6) is 0.654. The summed E-state index contributed by atoms with van der Waals surface area (Å²) in [5.41, 5.74) is 0. The van der Waals surface area contributed by atoms with E-state index in [4.69, 9.17) is 4.74 Å². The molecule has 19 heavy (non-hydrogen) atoms. The van der Waals surface area contributed by atoms with Crippen molar-refractivity contribution in [3.05, 3.63) is 0 Å². The number of tetrazole rings is 1. The number of thioether (sulfide) groups is 1. The third-order valence-electron chi connectivity index (χ3n) is 2.57. The number of cyclic esters (lactones) is 1. The van der Waals surface area contributed by atoms with Crippen LogP contribution in [0.15, 0.2) is 5.16 Å². The van der Waals surface area contributed by atoms with Gasteiger partial charge in [0, 0.05) is 12.3 Å². The Labute approximate surface area is 115 Å². The predicted molar refractivity (Wildman–Crippen MR) is 70.0 cm³/mol. The first-order chi connectivity index (χ1) is 9.29. The van der Waals surface area contributed by atoms with E-state index in [1.807, 2.05) is 0 Å². The fourth-order valence-electron chi connectivity index (χ4n) is 1.62. The van der Waals surface area contributed by atoms with E-state index in [0.29, 0.717) is 12.3 Å². The van der Waals surface area contributed by atoms with Gasteiger partial charge in [0.05, 0.1) is 13.1 Å². The zero-order chi connectivity index (χ0) is 13.5.